The second-order valence-electron chi connectivity index (χ2n) is 4.80. The van der Waals surface area contributed by atoms with Crippen LogP contribution >= 0.6 is 0 Å². The minimum absolute atomic E-state index is 0.757. The minimum Gasteiger partial charge on any atom is -0.316 e. The zero-order chi connectivity index (χ0) is 14.1. The molecule has 1 N–H and O–H groups in total. The first-order valence-corrected chi connectivity index (χ1v) is 6.62. The predicted molar refractivity (Wildman–Crippen MR) is 78.9 cm³/mol. The summed E-state index contributed by atoms with van der Waals surface area (Å²) in [6, 6.07) is 8.26. The van der Waals surface area contributed by atoms with E-state index in [1.165, 1.54) is 10.9 Å². The van der Waals surface area contributed by atoms with Crippen LogP contribution in [-0.2, 0) is 6.54 Å². The van der Waals surface area contributed by atoms with Crippen molar-refractivity contribution in [2.75, 3.05) is 7.05 Å². The number of pyridine rings is 1. The Bertz CT molecular complexity index is 760. The molecule has 0 aliphatic rings. The molecule has 5 heteroatoms. The average Bonchev–Trinajstić information content (AvgIpc) is 2.78. The fourth-order valence-electron chi connectivity index (χ4n) is 2.46. The van der Waals surface area contributed by atoms with Crippen LogP contribution in [0.4, 0.5) is 0 Å². The van der Waals surface area contributed by atoms with Crippen LogP contribution in [0.5, 0.6) is 0 Å². The molecule has 5 nitrogen and oxygen atoms in total. The summed E-state index contributed by atoms with van der Waals surface area (Å²) in [6.07, 6.45) is 1.91. The molecule has 0 fully saturated rings. The lowest BCUT2D eigenvalue weighted by molar-refractivity contribution is 0.796. The molecule has 0 saturated carbocycles. The van der Waals surface area contributed by atoms with Gasteiger partial charge in [-0.15, -0.1) is 5.10 Å². The van der Waals surface area contributed by atoms with E-state index in [1.807, 2.05) is 39.2 Å². The van der Waals surface area contributed by atoms with Crippen LogP contribution in [0, 0.1) is 13.8 Å². The molecule has 0 atom stereocenters. The topological polar surface area (TPSA) is 55.6 Å². The second-order valence-corrected chi connectivity index (χ2v) is 4.80. The fourth-order valence-corrected chi connectivity index (χ4v) is 2.46. The lowest BCUT2D eigenvalue weighted by Crippen LogP contribution is -2.09. The van der Waals surface area contributed by atoms with Gasteiger partial charge in [-0.1, -0.05) is 24.3 Å². The zero-order valence-corrected chi connectivity index (χ0v) is 11.9. The molecule has 2 aromatic heterocycles. The molecule has 0 unspecified atom stereocenters. The molecule has 3 rings (SSSR count). The van der Waals surface area contributed by atoms with Crippen molar-refractivity contribution in [3.05, 3.63) is 47.7 Å². The molecule has 0 aliphatic carbocycles. The molecule has 0 aliphatic heterocycles. The number of benzene rings is 1. The maximum atomic E-state index is 4.59. The predicted octanol–water partition coefficient (Wildman–Crippen LogP) is 2.15. The van der Waals surface area contributed by atoms with Crippen molar-refractivity contribution in [3.63, 3.8) is 0 Å². The first-order valence-electron chi connectivity index (χ1n) is 6.62. The Kier molecular flexibility index (Phi) is 3.20. The first kappa shape index (κ1) is 12.7. The van der Waals surface area contributed by atoms with Gasteiger partial charge < -0.3 is 5.32 Å². The Morgan fingerprint density at radius 2 is 1.90 bits per heavy atom. The van der Waals surface area contributed by atoms with Gasteiger partial charge in [-0.3, -0.25) is 0 Å². The number of nitrogens with one attached hydrogen (secondary N) is 1. The normalized spacial score (nSPS) is 11.2. The van der Waals surface area contributed by atoms with Crippen LogP contribution in [0.2, 0.25) is 0 Å². The number of rotatable bonds is 3. The molecule has 2 heterocycles. The third-order valence-electron chi connectivity index (χ3n) is 3.30. The Balaban J connectivity index is 2.27. The summed E-state index contributed by atoms with van der Waals surface area (Å²) in [5.74, 6) is 2.44. The number of fused-ring (bicyclic) bond motifs is 1. The average molecular weight is 267 g/mol. The smallest absolute Gasteiger partial charge is 0.163 e. The molecule has 0 amide bonds. The van der Waals surface area contributed by atoms with E-state index in [4.69, 9.17) is 0 Å². The summed E-state index contributed by atoms with van der Waals surface area (Å²) in [5.41, 5.74) is 1.18. The van der Waals surface area contributed by atoms with Crippen LogP contribution in [0.1, 0.15) is 17.2 Å². The summed E-state index contributed by atoms with van der Waals surface area (Å²) >= 11 is 0. The van der Waals surface area contributed by atoms with Crippen LogP contribution in [0.3, 0.4) is 0 Å². The Morgan fingerprint density at radius 3 is 2.55 bits per heavy atom. The molecule has 0 radical (unpaired) electrons. The highest BCUT2D eigenvalue weighted by Gasteiger charge is 2.12. The SMILES string of the molecule is CNCc1cnc(-n2nc(C)nc2C)c2ccccc12. The van der Waals surface area contributed by atoms with Crippen LogP contribution in [0.25, 0.3) is 16.6 Å². The third kappa shape index (κ3) is 2.06. The third-order valence-corrected chi connectivity index (χ3v) is 3.30. The molecule has 0 spiro atoms. The van der Waals surface area contributed by atoms with Gasteiger partial charge in [0.05, 0.1) is 0 Å². The van der Waals surface area contributed by atoms with Gasteiger partial charge in [0.2, 0.25) is 0 Å². The van der Waals surface area contributed by atoms with Gasteiger partial charge in [-0.2, -0.15) is 4.68 Å². The summed E-state index contributed by atoms with van der Waals surface area (Å²) in [5, 5.41) is 9.89. The molecular weight excluding hydrogens is 250 g/mol. The van der Waals surface area contributed by atoms with Crippen molar-refractivity contribution in [2.45, 2.75) is 20.4 Å². The highest BCUT2D eigenvalue weighted by Crippen LogP contribution is 2.23. The molecule has 0 bridgehead atoms. The number of aromatic nitrogens is 4. The van der Waals surface area contributed by atoms with Crippen molar-refractivity contribution in [1.29, 1.82) is 0 Å². The highest BCUT2D eigenvalue weighted by molar-refractivity contribution is 5.90. The van der Waals surface area contributed by atoms with Gasteiger partial charge in [-0.25, -0.2) is 9.97 Å². The first-order chi connectivity index (χ1) is 9.70. The number of nitrogens with zero attached hydrogens (tertiary/aromatic N) is 4. The zero-order valence-electron chi connectivity index (χ0n) is 11.9. The second kappa shape index (κ2) is 5.02. The number of aryl methyl sites for hydroxylation is 2. The van der Waals surface area contributed by atoms with Crippen molar-refractivity contribution in [3.8, 4) is 5.82 Å². The minimum atomic E-state index is 0.757. The van der Waals surface area contributed by atoms with Crippen LogP contribution < -0.4 is 5.32 Å². The van der Waals surface area contributed by atoms with Crippen molar-refractivity contribution >= 4 is 10.8 Å². The lowest BCUT2D eigenvalue weighted by atomic mass is 10.1. The number of hydrogen-bond acceptors (Lipinski definition) is 4. The lowest BCUT2D eigenvalue weighted by Gasteiger charge is -2.10. The highest BCUT2D eigenvalue weighted by atomic mass is 15.4. The molecular formula is C15H17N5. The Hall–Kier alpha value is -2.27. The van der Waals surface area contributed by atoms with Crippen molar-refractivity contribution < 1.29 is 0 Å². The van der Waals surface area contributed by atoms with E-state index in [0.717, 1.165) is 29.4 Å². The van der Waals surface area contributed by atoms with E-state index >= 15 is 0 Å². The Labute approximate surface area is 117 Å². The molecule has 1 aromatic carbocycles. The van der Waals surface area contributed by atoms with Crippen LogP contribution in [0.15, 0.2) is 30.5 Å². The van der Waals surface area contributed by atoms with E-state index in [-0.39, 0.29) is 0 Å². The van der Waals surface area contributed by atoms with Gasteiger partial charge in [0.1, 0.15) is 11.6 Å². The van der Waals surface area contributed by atoms with Gasteiger partial charge in [0, 0.05) is 18.1 Å². The maximum absolute atomic E-state index is 4.59. The summed E-state index contributed by atoms with van der Waals surface area (Å²) in [7, 11) is 1.94. The quantitative estimate of drug-likeness (QED) is 0.790. The van der Waals surface area contributed by atoms with E-state index < -0.39 is 0 Å². The summed E-state index contributed by atoms with van der Waals surface area (Å²) < 4.78 is 1.81. The standard InChI is InChI=1S/C15H17N5/c1-10-18-11(2)20(19-10)15-14-7-5-4-6-13(14)12(8-16-3)9-17-15/h4-7,9,16H,8H2,1-3H3. The molecule has 3 aromatic rings. The molecule has 20 heavy (non-hydrogen) atoms. The van der Waals surface area contributed by atoms with E-state index in [0.29, 0.717) is 0 Å². The van der Waals surface area contributed by atoms with Gasteiger partial charge >= 0.3 is 0 Å². The van der Waals surface area contributed by atoms with E-state index in [9.17, 15) is 0 Å². The van der Waals surface area contributed by atoms with E-state index in [2.05, 4.69) is 32.5 Å². The van der Waals surface area contributed by atoms with E-state index in [1.54, 1.807) is 4.68 Å². The van der Waals surface area contributed by atoms with Crippen LogP contribution in [-0.4, -0.2) is 26.8 Å². The Morgan fingerprint density at radius 1 is 1.15 bits per heavy atom. The molecule has 0 saturated heterocycles. The summed E-state index contributed by atoms with van der Waals surface area (Å²) in [4.78, 5) is 8.94. The monoisotopic (exact) mass is 267 g/mol. The maximum Gasteiger partial charge on any atom is 0.163 e. The largest absolute Gasteiger partial charge is 0.316 e. The van der Waals surface area contributed by atoms with Gasteiger partial charge in [0.15, 0.2) is 5.82 Å². The van der Waals surface area contributed by atoms with Gasteiger partial charge in [0.25, 0.3) is 0 Å². The van der Waals surface area contributed by atoms with Crippen molar-refractivity contribution in [2.24, 2.45) is 0 Å². The summed E-state index contributed by atoms with van der Waals surface area (Å²) in [6.45, 7) is 4.63. The number of hydrogen-bond donors (Lipinski definition) is 1. The van der Waals surface area contributed by atoms with Gasteiger partial charge in [-0.05, 0) is 31.8 Å². The molecule has 102 valence electrons. The fraction of sp³-hybridized carbons (Fsp3) is 0.267. The van der Waals surface area contributed by atoms with Crippen molar-refractivity contribution in [1.82, 2.24) is 25.1 Å².